The van der Waals surface area contributed by atoms with Crippen LogP contribution in [0.25, 0.3) is 0 Å². The third-order valence-corrected chi connectivity index (χ3v) is 2.11. The van der Waals surface area contributed by atoms with Gasteiger partial charge in [0, 0.05) is 18.2 Å². The Kier molecular flexibility index (Phi) is 3.33. The molecule has 2 aromatic rings. The van der Waals surface area contributed by atoms with Gasteiger partial charge < -0.3 is 4.74 Å². The van der Waals surface area contributed by atoms with E-state index in [0.29, 0.717) is 0 Å². The Morgan fingerprint density at radius 2 is 1.94 bits per heavy atom. The molecule has 2 rings (SSSR count). The number of rotatable bonds is 3. The molecule has 0 fully saturated rings. The van der Waals surface area contributed by atoms with Crippen LogP contribution >= 0.6 is 11.6 Å². The van der Waals surface area contributed by atoms with E-state index in [2.05, 4.69) is 9.97 Å². The molecule has 0 spiro atoms. The molecule has 0 aliphatic carbocycles. The summed E-state index contributed by atoms with van der Waals surface area (Å²) in [5, 5.41) is 10.3. The maximum absolute atomic E-state index is 12.8. The van der Waals surface area contributed by atoms with E-state index in [9.17, 15) is 14.5 Å². The first-order chi connectivity index (χ1) is 8.54. The van der Waals surface area contributed by atoms with E-state index >= 15 is 0 Å². The maximum Gasteiger partial charge on any atom is 0.313 e. The SMILES string of the molecule is O=[N+]([O-])c1ccc(Oc2cc(Cl)nc(F)n2)cc1. The van der Waals surface area contributed by atoms with E-state index in [1.54, 1.807) is 0 Å². The second-order valence-electron chi connectivity index (χ2n) is 3.15. The van der Waals surface area contributed by atoms with Crippen molar-refractivity contribution < 1.29 is 14.1 Å². The molecule has 6 nitrogen and oxygen atoms in total. The third-order valence-electron chi connectivity index (χ3n) is 1.91. The standard InChI is InChI=1S/C10H5ClFN3O3/c11-8-5-9(14-10(12)13-8)18-7-3-1-6(2-4-7)15(16)17/h1-5H. The average molecular weight is 270 g/mol. The van der Waals surface area contributed by atoms with E-state index < -0.39 is 11.0 Å². The summed E-state index contributed by atoms with van der Waals surface area (Å²) in [5.74, 6) is 0.191. The first-order valence-corrected chi connectivity index (χ1v) is 5.05. The minimum absolute atomic E-state index is 0.0748. The van der Waals surface area contributed by atoms with Gasteiger partial charge in [-0.3, -0.25) is 10.1 Å². The summed E-state index contributed by atoms with van der Waals surface area (Å²) in [4.78, 5) is 16.5. The number of halogens is 2. The number of non-ortho nitro benzene ring substituents is 1. The van der Waals surface area contributed by atoms with Crippen molar-refractivity contribution in [2.45, 2.75) is 0 Å². The highest BCUT2D eigenvalue weighted by Crippen LogP contribution is 2.23. The molecular formula is C10H5ClFN3O3. The van der Waals surface area contributed by atoms with E-state index in [1.807, 2.05) is 0 Å². The van der Waals surface area contributed by atoms with Crippen molar-refractivity contribution >= 4 is 17.3 Å². The van der Waals surface area contributed by atoms with Crippen LogP contribution in [-0.4, -0.2) is 14.9 Å². The van der Waals surface area contributed by atoms with Crippen molar-refractivity contribution in [1.82, 2.24) is 9.97 Å². The van der Waals surface area contributed by atoms with Crippen molar-refractivity contribution in [3.63, 3.8) is 0 Å². The van der Waals surface area contributed by atoms with E-state index in [0.717, 1.165) is 0 Å². The molecule has 8 heteroatoms. The molecule has 0 saturated heterocycles. The number of benzene rings is 1. The Balaban J connectivity index is 2.20. The quantitative estimate of drug-likeness (QED) is 0.370. The Morgan fingerprint density at radius 3 is 2.50 bits per heavy atom. The molecule has 0 unspecified atom stereocenters. The van der Waals surface area contributed by atoms with E-state index in [1.165, 1.54) is 30.3 Å². The van der Waals surface area contributed by atoms with Crippen molar-refractivity contribution in [2.75, 3.05) is 0 Å². The summed E-state index contributed by atoms with van der Waals surface area (Å²) in [6.07, 6.45) is -1.01. The lowest BCUT2D eigenvalue weighted by Gasteiger charge is -2.04. The Morgan fingerprint density at radius 1 is 1.28 bits per heavy atom. The second kappa shape index (κ2) is 4.92. The Hall–Kier alpha value is -2.28. The third kappa shape index (κ3) is 2.89. The second-order valence-corrected chi connectivity index (χ2v) is 3.54. The molecule has 0 amide bonds. The molecule has 18 heavy (non-hydrogen) atoms. The first kappa shape index (κ1) is 12.2. The topological polar surface area (TPSA) is 78.2 Å². The Bertz CT molecular complexity index is 571. The predicted molar refractivity (Wildman–Crippen MR) is 60.2 cm³/mol. The largest absolute Gasteiger partial charge is 0.439 e. The lowest BCUT2D eigenvalue weighted by Crippen LogP contribution is -1.94. The van der Waals surface area contributed by atoms with E-state index in [-0.39, 0.29) is 22.5 Å². The van der Waals surface area contributed by atoms with Gasteiger partial charge in [0.2, 0.25) is 5.88 Å². The van der Waals surface area contributed by atoms with Crippen molar-refractivity contribution in [1.29, 1.82) is 0 Å². The fourth-order valence-corrected chi connectivity index (χ4v) is 1.34. The summed E-state index contributed by atoms with van der Waals surface area (Å²) < 4.78 is 18.0. The van der Waals surface area contributed by atoms with Crippen LogP contribution in [0.15, 0.2) is 30.3 Å². The molecule has 0 bridgehead atoms. The van der Waals surface area contributed by atoms with Gasteiger partial charge in [0.05, 0.1) is 4.92 Å². The number of nitro benzene ring substituents is 1. The van der Waals surface area contributed by atoms with Gasteiger partial charge in [-0.05, 0) is 12.1 Å². The van der Waals surface area contributed by atoms with Crippen molar-refractivity contribution in [3.05, 3.63) is 51.7 Å². The minimum Gasteiger partial charge on any atom is -0.439 e. The van der Waals surface area contributed by atoms with Crippen LogP contribution in [0.4, 0.5) is 10.1 Å². The molecule has 0 N–H and O–H groups in total. The molecule has 92 valence electrons. The van der Waals surface area contributed by atoms with E-state index in [4.69, 9.17) is 16.3 Å². The van der Waals surface area contributed by atoms with Gasteiger partial charge in [-0.2, -0.15) is 14.4 Å². The monoisotopic (exact) mass is 269 g/mol. The van der Waals surface area contributed by atoms with Gasteiger partial charge in [-0.25, -0.2) is 0 Å². The number of aromatic nitrogens is 2. The number of ether oxygens (including phenoxy) is 1. The zero-order valence-electron chi connectivity index (χ0n) is 8.71. The molecule has 1 aromatic heterocycles. The van der Waals surface area contributed by atoms with Gasteiger partial charge in [-0.15, -0.1) is 0 Å². The number of nitro groups is 1. The fourth-order valence-electron chi connectivity index (χ4n) is 1.18. The van der Waals surface area contributed by atoms with Crippen LogP contribution in [0.5, 0.6) is 11.6 Å². The van der Waals surface area contributed by atoms with Crippen LogP contribution in [0.3, 0.4) is 0 Å². The van der Waals surface area contributed by atoms with Gasteiger partial charge in [0.15, 0.2) is 0 Å². The summed E-state index contributed by atoms with van der Waals surface area (Å²) in [5.41, 5.74) is -0.0748. The van der Waals surface area contributed by atoms with Gasteiger partial charge in [0.25, 0.3) is 5.69 Å². The highest BCUT2D eigenvalue weighted by atomic mass is 35.5. The molecular weight excluding hydrogens is 265 g/mol. The lowest BCUT2D eigenvalue weighted by atomic mass is 10.3. The smallest absolute Gasteiger partial charge is 0.313 e. The molecule has 0 saturated carbocycles. The van der Waals surface area contributed by atoms with Gasteiger partial charge in [0.1, 0.15) is 10.9 Å². The molecule has 0 aliphatic heterocycles. The van der Waals surface area contributed by atoms with Crippen LogP contribution in [0.1, 0.15) is 0 Å². The molecule has 0 atom stereocenters. The zero-order valence-corrected chi connectivity index (χ0v) is 9.46. The van der Waals surface area contributed by atoms with Gasteiger partial charge in [-0.1, -0.05) is 11.6 Å². The maximum atomic E-state index is 12.8. The number of hydrogen-bond donors (Lipinski definition) is 0. The number of hydrogen-bond acceptors (Lipinski definition) is 5. The lowest BCUT2D eigenvalue weighted by molar-refractivity contribution is -0.384. The first-order valence-electron chi connectivity index (χ1n) is 4.67. The normalized spacial score (nSPS) is 10.1. The summed E-state index contributed by atoms with van der Waals surface area (Å²) in [6.45, 7) is 0. The van der Waals surface area contributed by atoms with Crippen LogP contribution < -0.4 is 4.74 Å². The molecule has 0 radical (unpaired) electrons. The highest BCUT2D eigenvalue weighted by molar-refractivity contribution is 6.29. The fraction of sp³-hybridized carbons (Fsp3) is 0. The van der Waals surface area contributed by atoms with Crippen LogP contribution in [0.2, 0.25) is 5.15 Å². The summed E-state index contributed by atoms with van der Waals surface area (Å²) in [6, 6.07) is 6.48. The predicted octanol–water partition coefficient (Wildman–Crippen LogP) is 2.97. The summed E-state index contributed by atoms with van der Waals surface area (Å²) >= 11 is 5.52. The average Bonchev–Trinajstić information content (AvgIpc) is 2.28. The minimum atomic E-state index is -1.01. The van der Waals surface area contributed by atoms with Crippen LogP contribution in [-0.2, 0) is 0 Å². The number of nitrogens with zero attached hydrogens (tertiary/aromatic N) is 3. The molecule has 1 heterocycles. The molecule has 0 aliphatic rings. The van der Waals surface area contributed by atoms with Crippen LogP contribution in [0, 0.1) is 16.2 Å². The Labute approximate surface area is 105 Å². The van der Waals surface area contributed by atoms with Gasteiger partial charge >= 0.3 is 6.08 Å². The summed E-state index contributed by atoms with van der Waals surface area (Å²) in [7, 11) is 0. The molecule has 1 aromatic carbocycles. The highest BCUT2D eigenvalue weighted by Gasteiger charge is 2.07. The van der Waals surface area contributed by atoms with Crippen molar-refractivity contribution in [2.24, 2.45) is 0 Å². The van der Waals surface area contributed by atoms with Crippen molar-refractivity contribution in [3.8, 4) is 11.6 Å². The zero-order chi connectivity index (χ0) is 13.1.